The summed E-state index contributed by atoms with van der Waals surface area (Å²) in [6.45, 7) is 6.97. The number of hydrogen-bond donors (Lipinski definition) is 1. The van der Waals surface area contributed by atoms with E-state index >= 15 is 0 Å². The molecule has 1 aromatic carbocycles. The lowest BCUT2D eigenvalue weighted by atomic mass is 10.1. The van der Waals surface area contributed by atoms with Gasteiger partial charge in [-0.2, -0.15) is 9.90 Å². The third-order valence-electron chi connectivity index (χ3n) is 4.78. The van der Waals surface area contributed by atoms with Gasteiger partial charge in [0.25, 0.3) is 5.91 Å². The molecule has 1 fully saturated rings. The van der Waals surface area contributed by atoms with Crippen molar-refractivity contribution in [1.29, 1.82) is 0 Å². The first-order chi connectivity index (χ1) is 13.6. The van der Waals surface area contributed by atoms with Gasteiger partial charge in [-0.05, 0) is 45.7 Å². The molecule has 0 radical (unpaired) electrons. The molecule has 1 saturated heterocycles. The zero-order chi connectivity index (χ0) is 21.3. The summed E-state index contributed by atoms with van der Waals surface area (Å²) in [7, 11) is -3.11. The molecule has 9 nitrogen and oxygen atoms in total. The lowest BCUT2D eigenvalue weighted by Gasteiger charge is -2.16. The van der Waals surface area contributed by atoms with Crippen LogP contribution in [0.3, 0.4) is 0 Å². The van der Waals surface area contributed by atoms with E-state index in [0.29, 0.717) is 12.1 Å². The van der Waals surface area contributed by atoms with Crippen molar-refractivity contribution in [2.24, 2.45) is 0 Å². The van der Waals surface area contributed by atoms with Gasteiger partial charge in [-0.25, -0.2) is 13.2 Å². The minimum Gasteiger partial charge on any atom is -0.448 e. The van der Waals surface area contributed by atoms with Crippen LogP contribution in [0.15, 0.2) is 18.2 Å². The molecule has 1 N–H and O–H groups in total. The molecule has 2 aromatic rings. The second kappa shape index (κ2) is 7.94. The predicted molar refractivity (Wildman–Crippen MR) is 106 cm³/mol. The Morgan fingerprint density at radius 3 is 2.59 bits per heavy atom. The highest BCUT2D eigenvalue weighted by Gasteiger charge is 2.31. The van der Waals surface area contributed by atoms with E-state index in [-0.39, 0.29) is 17.2 Å². The Bertz CT molecular complexity index is 1060. The number of nitrogens with zero attached hydrogens (tertiary/aromatic N) is 3. The van der Waals surface area contributed by atoms with Crippen LogP contribution < -0.4 is 5.32 Å². The fraction of sp³-hybridized carbons (Fsp3) is 0.474. The highest BCUT2D eigenvalue weighted by molar-refractivity contribution is 7.91. The lowest BCUT2D eigenvalue weighted by Crippen LogP contribution is -2.42. The van der Waals surface area contributed by atoms with Gasteiger partial charge in [-0.3, -0.25) is 4.79 Å². The van der Waals surface area contributed by atoms with E-state index in [0.717, 1.165) is 16.8 Å². The number of esters is 1. The van der Waals surface area contributed by atoms with Gasteiger partial charge in [-0.1, -0.05) is 17.7 Å². The van der Waals surface area contributed by atoms with Crippen LogP contribution in [0.5, 0.6) is 0 Å². The zero-order valence-electron chi connectivity index (χ0n) is 16.8. The van der Waals surface area contributed by atoms with Crippen LogP contribution in [0.2, 0.25) is 0 Å². The first kappa shape index (κ1) is 21.0. The molecule has 156 valence electrons. The third-order valence-corrected chi connectivity index (χ3v) is 6.54. The first-order valence-electron chi connectivity index (χ1n) is 9.29. The topological polar surface area (TPSA) is 120 Å². The summed E-state index contributed by atoms with van der Waals surface area (Å²) < 4.78 is 28.2. The van der Waals surface area contributed by atoms with Crippen molar-refractivity contribution in [2.75, 3.05) is 11.5 Å². The molecule has 1 aliphatic rings. The lowest BCUT2D eigenvalue weighted by molar-refractivity contribution is -0.129. The minimum atomic E-state index is -3.11. The zero-order valence-corrected chi connectivity index (χ0v) is 17.6. The van der Waals surface area contributed by atoms with E-state index in [1.54, 1.807) is 6.92 Å². The molecule has 1 aromatic heterocycles. The molecule has 0 spiro atoms. The standard InChI is InChI=1S/C19H24N4O5S/c1-11-5-6-16(12(2)9-11)23-21-13(3)17(22-23)19(25)28-14(4)18(24)20-15-7-8-29(26,27)10-15/h5-6,9,14-15H,7-8,10H2,1-4H3,(H,20,24)/t14-,15-/m0/s1. The Hall–Kier alpha value is -2.75. The Balaban J connectivity index is 1.67. The van der Waals surface area contributed by atoms with E-state index in [9.17, 15) is 18.0 Å². The maximum Gasteiger partial charge on any atom is 0.361 e. The molecule has 0 saturated carbocycles. The maximum absolute atomic E-state index is 12.5. The number of sulfone groups is 1. The fourth-order valence-corrected chi connectivity index (χ4v) is 4.88. The number of hydrogen-bond acceptors (Lipinski definition) is 7. The Morgan fingerprint density at radius 1 is 1.24 bits per heavy atom. The number of aryl methyl sites for hydroxylation is 3. The van der Waals surface area contributed by atoms with Crippen molar-refractivity contribution in [2.45, 2.75) is 46.3 Å². The molecule has 2 heterocycles. The molecule has 29 heavy (non-hydrogen) atoms. The number of carbonyl (C=O) groups is 2. The first-order valence-corrected chi connectivity index (χ1v) is 11.1. The Kier molecular flexibility index (Phi) is 5.74. The largest absolute Gasteiger partial charge is 0.448 e. The Morgan fingerprint density at radius 2 is 1.97 bits per heavy atom. The monoisotopic (exact) mass is 420 g/mol. The number of carbonyl (C=O) groups excluding carboxylic acids is 2. The second-order valence-electron chi connectivity index (χ2n) is 7.37. The van der Waals surface area contributed by atoms with Crippen LogP contribution in [0, 0.1) is 20.8 Å². The molecule has 2 atom stereocenters. The number of benzene rings is 1. The molecule has 0 bridgehead atoms. The van der Waals surface area contributed by atoms with Gasteiger partial charge in [0.15, 0.2) is 21.6 Å². The van der Waals surface area contributed by atoms with Crippen molar-refractivity contribution in [3.05, 3.63) is 40.7 Å². The SMILES string of the molecule is Cc1ccc(-n2nc(C)c(C(=O)O[C@@H](C)C(=O)N[C@H]3CCS(=O)(=O)C3)n2)c(C)c1. The summed E-state index contributed by atoms with van der Waals surface area (Å²) in [4.78, 5) is 26.1. The van der Waals surface area contributed by atoms with Crippen molar-refractivity contribution in [3.8, 4) is 5.69 Å². The van der Waals surface area contributed by atoms with E-state index in [1.807, 2.05) is 32.0 Å². The summed E-state index contributed by atoms with van der Waals surface area (Å²) in [6, 6.07) is 5.32. The molecular formula is C19H24N4O5S. The van der Waals surface area contributed by atoms with Crippen molar-refractivity contribution < 1.29 is 22.7 Å². The van der Waals surface area contributed by atoms with Gasteiger partial charge >= 0.3 is 5.97 Å². The molecule has 1 aliphatic heterocycles. The van der Waals surface area contributed by atoms with Gasteiger partial charge < -0.3 is 10.1 Å². The van der Waals surface area contributed by atoms with Crippen LogP contribution in [-0.2, 0) is 19.4 Å². The highest BCUT2D eigenvalue weighted by Crippen LogP contribution is 2.16. The number of aromatic nitrogens is 3. The average molecular weight is 420 g/mol. The third kappa shape index (κ3) is 4.81. The number of nitrogens with one attached hydrogen (secondary N) is 1. The second-order valence-corrected chi connectivity index (χ2v) is 9.60. The van der Waals surface area contributed by atoms with Gasteiger partial charge in [0, 0.05) is 6.04 Å². The molecule has 10 heteroatoms. The van der Waals surface area contributed by atoms with E-state index < -0.39 is 33.9 Å². The van der Waals surface area contributed by atoms with E-state index in [4.69, 9.17) is 4.74 Å². The molecule has 0 aliphatic carbocycles. The molecular weight excluding hydrogens is 396 g/mol. The predicted octanol–water partition coefficient (Wildman–Crippen LogP) is 1.04. The summed E-state index contributed by atoms with van der Waals surface area (Å²) in [5.41, 5.74) is 3.20. The van der Waals surface area contributed by atoms with Crippen LogP contribution >= 0.6 is 0 Å². The average Bonchev–Trinajstić information content (AvgIpc) is 3.16. The molecule has 0 unspecified atom stereocenters. The highest BCUT2D eigenvalue weighted by atomic mass is 32.2. The normalized spacial score (nSPS) is 19.0. The van der Waals surface area contributed by atoms with Crippen molar-refractivity contribution in [1.82, 2.24) is 20.3 Å². The van der Waals surface area contributed by atoms with Crippen LogP contribution in [0.25, 0.3) is 5.69 Å². The van der Waals surface area contributed by atoms with Crippen LogP contribution in [0.1, 0.15) is 40.7 Å². The maximum atomic E-state index is 12.5. The van der Waals surface area contributed by atoms with Gasteiger partial charge in [0.1, 0.15) is 0 Å². The Labute approximate surface area is 169 Å². The van der Waals surface area contributed by atoms with Gasteiger partial charge in [0.2, 0.25) is 0 Å². The molecule has 3 rings (SSSR count). The van der Waals surface area contributed by atoms with Gasteiger partial charge in [0.05, 0.1) is 22.9 Å². The number of rotatable bonds is 5. The fourth-order valence-electron chi connectivity index (χ4n) is 3.20. The minimum absolute atomic E-state index is 0.0214. The number of amides is 1. The summed E-state index contributed by atoms with van der Waals surface area (Å²) in [6.07, 6.45) is -0.727. The van der Waals surface area contributed by atoms with Gasteiger partial charge in [-0.15, -0.1) is 5.10 Å². The van der Waals surface area contributed by atoms with Crippen LogP contribution in [0.4, 0.5) is 0 Å². The van der Waals surface area contributed by atoms with Crippen molar-refractivity contribution >= 4 is 21.7 Å². The smallest absolute Gasteiger partial charge is 0.361 e. The quantitative estimate of drug-likeness (QED) is 0.718. The van der Waals surface area contributed by atoms with Crippen LogP contribution in [-0.4, -0.2) is 58.9 Å². The number of ether oxygens (including phenoxy) is 1. The summed E-state index contributed by atoms with van der Waals surface area (Å²) >= 11 is 0. The molecule has 1 amide bonds. The van der Waals surface area contributed by atoms with E-state index in [1.165, 1.54) is 11.7 Å². The summed E-state index contributed by atoms with van der Waals surface area (Å²) in [5, 5.41) is 11.1. The van der Waals surface area contributed by atoms with Crippen molar-refractivity contribution in [3.63, 3.8) is 0 Å². The van der Waals surface area contributed by atoms with E-state index in [2.05, 4.69) is 15.5 Å². The summed E-state index contributed by atoms with van der Waals surface area (Å²) in [5.74, 6) is -1.35.